The van der Waals surface area contributed by atoms with Gasteiger partial charge in [0.25, 0.3) is 0 Å². The van der Waals surface area contributed by atoms with E-state index < -0.39 is 0 Å². The van der Waals surface area contributed by atoms with E-state index in [1.54, 1.807) is 6.33 Å². The zero-order valence-corrected chi connectivity index (χ0v) is 9.17. The number of rotatable bonds is 2. The molecule has 2 aromatic carbocycles. The maximum absolute atomic E-state index is 4.30. The Kier molecular flexibility index (Phi) is 2.43. The van der Waals surface area contributed by atoms with Crippen molar-refractivity contribution >= 4 is 22.3 Å². The molecule has 0 aliphatic carbocycles. The molecule has 0 fully saturated rings. The van der Waals surface area contributed by atoms with Crippen LogP contribution in [0, 0.1) is 0 Å². The van der Waals surface area contributed by atoms with E-state index in [4.69, 9.17) is 0 Å². The van der Waals surface area contributed by atoms with Gasteiger partial charge in [-0.15, -0.1) is 0 Å². The predicted octanol–water partition coefficient (Wildman–Crippen LogP) is 3.37. The Morgan fingerprint density at radius 1 is 0.882 bits per heavy atom. The molecule has 0 saturated heterocycles. The Labute approximate surface area is 99.2 Å². The Morgan fingerprint density at radius 3 is 2.65 bits per heavy atom. The Bertz CT molecular complexity index is 630. The molecule has 1 aromatic heterocycles. The van der Waals surface area contributed by atoms with Crippen LogP contribution in [0.25, 0.3) is 10.9 Å². The molecule has 1 heterocycles. The second kappa shape index (κ2) is 4.22. The smallest absolute Gasteiger partial charge is 0.116 e. The molecule has 3 heteroatoms. The maximum Gasteiger partial charge on any atom is 0.116 e. The normalized spacial score (nSPS) is 10.4. The van der Waals surface area contributed by atoms with Crippen LogP contribution in [-0.2, 0) is 0 Å². The van der Waals surface area contributed by atoms with Crippen molar-refractivity contribution in [3.8, 4) is 0 Å². The number of hydrogen-bond donors (Lipinski definition) is 1. The number of hydrogen-bond acceptors (Lipinski definition) is 3. The van der Waals surface area contributed by atoms with Gasteiger partial charge >= 0.3 is 0 Å². The number of fused-ring (bicyclic) bond motifs is 1. The standard InChI is InChI=1S/C14H11N3/c1-2-6-12(7-3-1)17-13-8-4-5-11-9-15-10-16-14(11)13/h1-10,17H. The van der Waals surface area contributed by atoms with Crippen LogP contribution in [0.2, 0.25) is 0 Å². The highest BCUT2D eigenvalue weighted by Gasteiger charge is 2.01. The van der Waals surface area contributed by atoms with Gasteiger partial charge < -0.3 is 5.32 Å². The first kappa shape index (κ1) is 9.78. The molecule has 0 saturated carbocycles. The van der Waals surface area contributed by atoms with E-state index in [1.807, 2.05) is 54.7 Å². The first-order valence-corrected chi connectivity index (χ1v) is 5.44. The molecule has 0 radical (unpaired) electrons. The second-order valence-electron chi connectivity index (χ2n) is 3.76. The third-order valence-electron chi connectivity index (χ3n) is 2.59. The van der Waals surface area contributed by atoms with Crippen LogP contribution in [0.1, 0.15) is 0 Å². The molecular weight excluding hydrogens is 210 g/mol. The van der Waals surface area contributed by atoms with Crippen molar-refractivity contribution in [2.24, 2.45) is 0 Å². The van der Waals surface area contributed by atoms with E-state index in [0.717, 1.165) is 22.3 Å². The van der Waals surface area contributed by atoms with Gasteiger partial charge in [-0.1, -0.05) is 30.3 Å². The summed E-state index contributed by atoms with van der Waals surface area (Å²) in [5.41, 5.74) is 2.99. The summed E-state index contributed by atoms with van der Waals surface area (Å²) in [4.78, 5) is 8.33. The summed E-state index contributed by atoms with van der Waals surface area (Å²) in [5, 5.41) is 4.39. The van der Waals surface area contributed by atoms with Gasteiger partial charge in [-0.05, 0) is 18.2 Å². The van der Waals surface area contributed by atoms with Gasteiger partial charge in [0, 0.05) is 17.3 Å². The van der Waals surface area contributed by atoms with Crippen molar-refractivity contribution < 1.29 is 0 Å². The van der Waals surface area contributed by atoms with Gasteiger partial charge in [0.15, 0.2) is 0 Å². The third kappa shape index (κ3) is 1.95. The lowest BCUT2D eigenvalue weighted by molar-refractivity contribution is 1.22. The van der Waals surface area contributed by atoms with Crippen LogP contribution < -0.4 is 5.32 Å². The van der Waals surface area contributed by atoms with Crippen LogP contribution in [0.15, 0.2) is 61.1 Å². The first-order valence-electron chi connectivity index (χ1n) is 5.44. The van der Waals surface area contributed by atoms with Crippen LogP contribution in [0.4, 0.5) is 11.4 Å². The first-order chi connectivity index (χ1) is 8.43. The molecule has 17 heavy (non-hydrogen) atoms. The molecule has 82 valence electrons. The van der Waals surface area contributed by atoms with Crippen molar-refractivity contribution in [2.75, 3.05) is 5.32 Å². The fourth-order valence-corrected chi connectivity index (χ4v) is 1.79. The average molecular weight is 221 g/mol. The van der Waals surface area contributed by atoms with Gasteiger partial charge in [-0.25, -0.2) is 9.97 Å². The fraction of sp³-hybridized carbons (Fsp3) is 0. The molecule has 3 aromatic rings. The largest absolute Gasteiger partial charge is 0.354 e. The Hall–Kier alpha value is -2.42. The van der Waals surface area contributed by atoms with Crippen LogP contribution in [0.3, 0.4) is 0 Å². The van der Waals surface area contributed by atoms with Gasteiger partial charge in [0.2, 0.25) is 0 Å². The monoisotopic (exact) mass is 221 g/mol. The lowest BCUT2D eigenvalue weighted by atomic mass is 10.2. The predicted molar refractivity (Wildman–Crippen MR) is 69.3 cm³/mol. The zero-order chi connectivity index (χ0) is 11.5. The van der Waals surface area contributed by atoms with E-state index >= 15 is 0 Å². The van der Waals surface area contributed by atoms with Gasteiger partial charge in [0.1, 0.15) is 6.33 Å². The fourth-order valence-electron chi connectivity index (χ4n) is 1.79. The molecule has 0 aliphatic rings. The number of anilines is 2. The van der Waals surface area contributed by atoms with Crippen LogP contribution in [0.5, 0.6) is 0 Å². The zero-order valence-electron chi connectivity index (χ0n) is 9.17. The highest BCUT2D eigenvalue weighted by Crippen LogP contribution is 2.23. The lowest BCUT2D eigenvalue weighted by Crippen LogP contribution is -1.92. The Morgan fingerprint density at radius 2 is 1.76 bits per heavy atom. The maximum atomic E-state index is 4.30. The summed E-state index contributed by atoms with van der Waals surface area (Å²) < 4.78 is 0. The molecule has 1 N–H and O–H groups in total. The number of benzene rings is 2. The van der Waals surface area contributed by atoms with E-state index in [0.29, 0.717) is 0 Å². The number of nitrogens with one attached hydrogen (secondary N) is 1. The molecule has 0 bridgehead atoms. The summed E-state index contributed by atoms with van der Waals surface area (Å²) in [5.74, 6) is 0. The quantitative estimate of drug-likeness (QED) is 0.721. The van der Waals surface area contributed by atoms with Crippen LogP contribution in [-0.4, -0.2) is 9.97 Å². The molecule has 3 rings (SSSR count). The molecule has 0 unspecified atom stereocenters. The minimum atomic E-state index is 0.936. The highest BCUT2D eigenvalue weighted by molar-refractivity contribution is 5.91. The van der Waals surface area contributed by atoms with Crippen molar-refractivity contribution in [2.45, 2.75) is 0 Å². The molecular formula is C14H11N3. The Balaban J connectivity index is 2.06. The summed E-state index contributed by atoms with van der Waals surface area (Å²) in [6.45, 7) is 0. The molecule has 0 amide bonds. The SMILES string of the molecule is c1ccc(Nc2cccc3cncnc23)cc1. The van der Waals surface area contributed by atoms with E-state index in [-0.39, 0.29) is 0 Å². The summed E-state index contributed by atoms with van der Waals surface area (Å²) >= 11 is 0. The van der Waals surface area contributed by atoms with Crippen molar-refractivity contribution in [1.82, 2.24) is 9.97 Å². The lowest BCUT2D eigenvalue weighted by Gasteiger charge is -2.08. The third-order valence-corrected chi connectivity index (χ3v) is 2.59. The van der Waals surface area contributed by atoms with Gasteiger partial charge in [-0.2, -0.15) is 0 Å². The number of nitrogens with zero attached hydrogens (tertiary/aromatic N) is 2. The van der Waals surface area contributed by atoms with Crippen molar-refractivity contribution in [1.29, 1.82) is 0 Å². The van der Waals surface area contributed by atoms with E-state index in [9.17, 15) is 0 Å². The minimum absolute atomic E-state index is 0.936. The minimum Gasteiger partial charge on any atom is -0.354 e. The highest BCUT2D eigenvalue weighted by atomic mass is 14.9. The molecule has 3 nitrogen and oxygen atoms in total. The molecule has 0 aliphatic heterocycles. The summed E-state index contributed by atoms with van der Waals surface area (Å²) in [6.07, 6.45) is 3.39. The summed E-state index contributed by atoms with van der Waals surface area (Å²) in [6, 6.07) is 16.1. The second-order valence-corrected chi connectivity index (χ2v) is 3.76. The van der Waals surface area contributed by atoms with Gasteiger partial charge in [-0.3, -0.25) is 0 Å². The van der Waals surface area contributed by atoms with E-state index in [1.165, 1.54) is 0 Å². The number of aromatic nitrogens is 2. The van der Waals surface area contributed by atoms with E-state index in [2.05, 4.69) is 15.3 Å². The van der Waals surface area contributed by atoms with Gasteiger partial charge in [0.05, 0.1) is 11.2 Å². The average Bonchev–Trinajstić information content (AvgIpc) is 2.40. The topological polar surface area (TPSA) is 37.8 Å². The van der Waals surface area contributed by atoms with Crippen molar-refractivity contribution in [3.05, 3.63) is 61.1 Å². The molecule has 0 spiro atoms. The number of para-hydroxylation sites is 2. The summed E-state index contributed by atoms with van der Waals surface area (Å²) in [7, 11) is 0. The molecule has 0 atom stereocenters. The van der Waals surface area contributed by atoms with Crippen molar-refractivity contribution in [3.63, 3.8) is 0 Å². The van der Waals surface area contributed by atoms with Crippen LogP contribution >= 0.6 is 0 Å².